The van der Waals surface area contributed by atoms with Crippen molar-refractivity contribution in [2.45, 2.75) is 84.3 Å². The van der Waals surface area contributed by atoms with E-state index in [1.165, 1.54) is 119 Å². The Kier molecular flexibility index (Phi) is 10.5. The highest BCUT2D eigenvalue weighted by Crippen LogP contribution is 2.48. The highest BCUT2D eigenvalue weighted by molar-refractivity contribution is 8.01. The van der Waals surface area contributed by atoms with E-state index in [1.54, 1.807) is 0 Å². The molecule has 0 saturated carbocycles. The molecule has 0 aromatic heterocycles. The van der Waals surface area contributed by atoms with E-state index in [4.69, 9.17) is 0 Å². The van der Waals surface area contributed by atoms with Crippen molar-refractivity contribution in [3.63, 3.8) is 0 Å². The van der Waals surface area contributed by atoms with Crippen LogP contribution in [0.1, 0.15) is 76.3 Å². The van der Waals surface area contributed by atoms with Gasteiger partial charge in [-0.3, -0.25) is 0 Å². The lowest BCUT2D eigenvalue weighted by molar-refractivity contribution is 0.591. The summed E-state index contributed by atoms with van der Waals surface area (Å²) in [5, 5.41) is 5.11. The van der Waals surface area contributed by atoms with Crippen molar-refractivity contribution in [1.82, 2.24) is 0 Å². The Morgan fingerprint density at radius 3 is 1.14 bits per heavy atom. The van der Waals surface area contributed by atoms with Crippen molar-refractivity contribution in [2.75, 3.05) is 0 Å². The van der Waals surface area contributed by atoms with E-state index in [1.807, 2.05) is 23.5 Å². The summed E-state index contributed by atoms with van der Waals surface area (Å²) < 4.78 is 0. The van der Waals surface area contributed by atoms with E-state index < -0.39 is 0 Å². The summed E-state index contributed by atoms with van der Waals surface area (Å²) in [5.74, 6) is 0. The first-order valence-electron chi connectivity index (χ1n) is 24.4. The minimum Gasteiger partial charge on any atom is -0.0911 e. The molecule has 0 unspecified atom stereocenters. The zero-order valence-corrected chi connectivity index (χ0v) is 42.2. The molecular formula is C66H55BS2. The molecule has 0 radical (unpaired) electrons. The van der Waals surface area contributed by atoms with E-state index in [9.17, 15) is 0 Å². The van der Waals surface area contributed by atoms with Crippen molar-refractivity contribution >= 4 is 68.2 Å². The van der Waals surface area contributed by atoms with E-state index in [0.717, 1.165) is 0 Å². The maximum atomic E-state index is 2.52. The summed E-state index contributed by atoms with van der Waals surface area (Å²) >= 11 is 3.93. The zero-order chi connectivity index (χ0) is 47.2. The molecule has 3 heteroatoms. The maximum absolute atomic E-state index is 2.52. The highest BCUT2D eigenvalue weighted by atomic mass is 32.2. The average Bonchev–Trinajstić information content (AvgIpc) is 3.37. The van der Waals surface area contributed by atoms with Crippen LogP contribution in [0.4, 0.5) is 0 Å². The van der Waals surface area contributed by atoms with E-state index in [0.29, 0.717) is 0 Å². The van der Waals surface area contributed by atoms with Gasteiger partial charge in [0.05, 0.1) is 0 Å². The number of rotatable bonds is 7. The Morgan fingerprint density at radius 2 is 0.696 bits per heavy atom. The van der Waals surface area contributed by atoms with Crippen molar-refractivity contribution in [2.24, 2.45) is 0 Å². The number of fused-ring (bicyclic) bond motifs is 6. The highest BCUT2D eigenvalue weighted by Gasteiger charge is 2.40. The Labute approximate surface area is 417 Å². The normalized spacial score (nSPS) is 13.3. The van der Waals surface area contributed by atoms with Gasteiger partial charge in [0.15, 0.2) is 0 Å². The van der Waals surface area contributed by atoms with E-state index >= 15 is 0 Å². The van der Waals surface area contributed by atoms with E-state index in [2.05, 4.69) is 255 Å². The van der Waals surface area contributed by atoms with Crippen LogP contribution in [0, 0.1) is 0 Å². The number of hydrogen-bond acceptors (Lipinski definition) is 2. The first-order valence-corrected chi connectivity index (χ1v) is 26.1. The fraction of sp³-hybridized carbons (Fsp3) is 0.152. The van der Waals surface area contributed by atoms with Gasteiger partial charge >= 0.3 is 0 Å². The van der Waals surface area contributed by atoms with Crippen molar-refractivity contribution in [3.05, 3.63) is 234 Å². The second kappa shape index (κ2) is 16.6. The Bertz CT molecular complexity index is 3450. The first kappa shape index (κ1) is 43.7. The van der Waals surface area contributed by atoms with Gasteiger partial charge in [0.2, 0.25) is 6.71 Å². The van der Waals surface area contributed by atoms with Gasteiger partial charge in [0, 0.05) is 30.4 Å². The minimum absolute atomic E-state index is 0.0841. The molecular weight excluding hydrogens is 868 g/mol. The standard InChI is InChI=1S/C66H55BS2/c1-64(2,3)50-36-43(35-45(37-50)62-53-29-19-17-27-51(53)61(42-21-11-8-12-22-42)52-28-18-20-30-54(52)62)44-38-59-63-60(39-44)69-58-41-49(66(6,7)47-25-15-10-16-26-47)32-34-56(58)67(63)55-33-31-48(40-57(55)68-59)65(4,5)46-23-13-9-14-24-46/h8-41H,1-7H3. The summed E-state index contributed by atoms with van der Waals surface area (Å²) in [5.41, 5.74) is 18.1. The molecule has 69 heavy (non-hydrogen) atoms. The van der Waals surface area contributed by atoms with Crippen LogP contribution >= 0.6 is 23.5 Å². The molecule has 334 valence electrons. The SMILES string of the molecule is CC(C)(C)c1cc(-c2cc3c4c(c2)Sc2cc(C(C)(C)c5ccccc5)ccc2B4c2ccc(C(C)(C)c4ccccc4)cc2S3)cc(-c2c3ccccc3c(-c3ccccc3)c3ccccc23)c1. The lowest BCUT2D eigenvalue weighted by atomic mass is 9.36. The van der Waals surface area contributed by atoms with Gasteiger partial charge in [-0.1, -0.05) is 259 Å². The molecule has 12 rings (SSSR count). The molecule has 0 atom stereocenters. The quantitative estimate of drug-likeness (QED) is 0.115. The fourth-order valence-corrected chi connectivity index (χ4v) is 13.8. The van der Waals surface area contributed by atoms with Crippen LogP contribution in [-0.4, -0.2) is 6.71 Å². The summed E-state index contributed by atoms with van der Waals surface area (Å²) in [6.07, 6.45) is 0. The van der Waals surface area contributed by atoms with Gasteiger partial charge in [-0.05, 0) is 124 Å². The predicted octanol–water partition coefficient (Wildman–Crippen LogP) is 16.4. The van der Waals surface area contributed by atoms with Crippen LogP contribution in [0.5, 0.6) is 0 Å². The third-order valence-corrected chi connectivity index (χ3v) is 17.6. The molecule has 2 aliphatic rings. The van der Waals surface area contributed by atoms with Crippen LogP contribution in [0.2, 0.25) is 0 Å². The molecule has 2 aliphatic heterocycles. The Hall–Kier alpha value is -6.52. The molecule has 0 aliphatic carbocycles. The third-order valence-electron chi connectivity index (χ3n) is 15.3. The Balaban J connectivity index is 1.07. The van der Waals surface area contributed by atoms with Crippen LogP contribution in [-0.2, 0) is 16.2 Å². The second-order valence-electron chi connectivity index (χ2n) is 21.3. The van der Waals surface area contributed by atoms with Gasteiger partial charge < -0.3 is 0 Å². The van der Waals surface area contributed by atoms with Gasteiger partial charge in [-0.15, -0.1) is 0 Å². The van der Waals surface area contributed by atoms with E-state index in [-0.39, 0.29) is 23.0 Å². The average molecular weight is 923 g/mol. The lowest BCUT2D eigenvalue weighted by Crippen LogP contribution is -2.58. The fourth-order valence-electron chi connectivity index (χ4n) is 11.2. The summed E-state index contributed by atoms with van der Waals surface area (Å²) in [4.78, 5) is 5.41. The third kappa shape index (κ3) is 7.40. The topological polar surface area (TPSA) is 0 Å². The van der Waals surface area contributed by atoms with Crippen LogP contribution < -0.4 is 16.4 Å². The van der Waals surface area contributed by atoms with Gasteiger partial charge in [-0.2, -0.15) is 0 Å². The van der Waals surface area contributed by atoms with Crippen LogP contribution in [0.25, 0.3) is 54.9 Å². The minimum atomic E-state index is -0.153. The summed E-state index contributed by atoms with van der Waals surface area (Å²) in [6.45, 7) is 16.7. The summed E-state index contributed by atoms with van der Waals surface area (Å²) in [7, 11) is 0. The van der Waals surface area contributed by atoms with Crippen LogP contribution in [0.3, 0.4) is 0 Å². The molecule has 0 bridgehead atoms. The monoisotopic (exact) mass is 922 g/mol. The zero-order valence-electron chi connectivity index (χ0n) is 40.5. The molecule has 10 aromatic rings. The molecule has 0 amide bonds. The van der Waals surface area contributed by atoms with Gasteiger partial charge in [0.1, 0.15) is 0 Å². The number of hydrogen-bond donors (Lipinski definition) is 0. The van der Waals surface area contributed by atoms with Gasteiger partial charge in [0.25, 0.3) is 0 Å². The van der Waals surface area contributed by atoms with Crippen molar-refractivity contribution < 1.29 is 0 Å². The molecule has 10 aromatic carbocycles. The molecule has 0 nitrogen and oxygen atoms in total. The molecule has 0 saturated heterocycles. The molecule has 0 N–H and O–H groups in total. The molecule has 0 spiro atoms. The lowest BCUT2D eigenvalue weighted by Gasteiger charge is -2.36. The second-order valence-corrected chi connectivity index (χ2v) is 23.4. The van der Waals surface area contributed by atoms with Crippen molar-refractivity contribution in [1.29, 1.82) is 0 Å². The van der Waals surface area contributed by atoms with Crippen LogP contribution in [0.15, 0.2) is 226 Å². The summed E-state index contributed by atoms with van der Waals surface area (Å²) in [6, 6.07) is 78.2. The maximum Gasteiger partial charge on any atom is 0.247 e. The predicted molar refractivity (Wildman–Crippen MR) is 299 cm³/mol. The first-order chi connectivity index (χ1) is 33.3. The van der Waals surface area contributed by atoms with Gasteiger partial charge in [-0.25, -0.2) is 0 Å². The van der Waals surface area contributed by atoms with Crippen molar-refractivity contribution in [3.8, 4) is 33.4 Å². The molecule has 0 fully saturated rings. The smallest absolute Gasteiger partial charge is 0.0911 e. The Morgan fingerprint density at radius 1 is 0.304 bits per heavy atom. The largest absolute Gasteiger partial charge is 0.247 e. The number of benzene rings is 10. The molecule has 2 heterocycles.